The zero-order chi connectivity index (χ0) is 12.1. The predicted octanol–water partition coefficient (Wildman–Crippen LogP) is 2.34. The summed E-state index contributed by atoms with van der Waals surface area (Å²) in [6, 6.07) is 5.81. The van der Waals surface area contributed by atoms with Gasteiger partial charge in [-0.2, -0.15) is 0 Å². The van der Waals surface area contributed by atoms with E-state index in [1.54, 1.807) is 12.1 Å². The maximum atomic E-state index is 13.0. The van der Waals surface area contributed by atoms with Gasteiger partial charge in [-0.25, -0.2) is 4.39 Å². The van der Waals surface area contributed by atoms with Crippen molar-refractivity contribution in [2.75, 3.05) is 0 Å². The molecular weight excluding hydrogens is 209 g/mol. The predicted molar refractivity (Wildman–Crippen MR) is 59.7 cm³/mol. The van der Waals surface area contributed by atoms with Crippen LogP contribution in [0.5, 0.6) is 0 Å². The van der Waals surface area contributed by atoms with Gasteiger partial charge in [0.2, 0.25) is 0 Å². The summed E-state index contributed by atoms with van der Waals surface area (Å²) in [5, 5.41) is 11.9. The van der Waals surface area contributed by atoms with Crippen molar-refractivity contribution in [1.29, 1.82) is 0 Å². The number of carboxylic acids is 1. The Bertz CT molecular complexity index is 366. The van der Waals surface area contributed by atoms with Gasteiger partial charge < -0.3 is 10.4 Å². The van der Waals surface area contributed by atoms with E-state index in [4.69, 9.17) is 5.11 Å². The standard InChI is InChI=1S/C12H16FNO2/c1-8(2)14-11(7-12(15)16)9-4-3-5-10(13)6-9/h3-6,8,11,14H,7H2,1-2H3,(H,15,16). The van der Waals surface area contributed by atoms with Crippen LogP contribution in [0.25, 0.3) is 0 Å². The molecule has 0 bridgehead atoms. The summed E-state index contributed by atoms with van der Waals surface area (Å²) in [5.41, 5.74) is 0.663. The number of benzene rings is 1. The number of carbonyl (C=O) groups is 1. The first kappa shape index (κ1) is 12.6. The average molecular weight is 225 g/mol. The average Bonchev–Trinajstić information content (AvgIpc) is 2.15. The summed E-state index contributed by atoms with van der Waals surface area (Å²) in [6.07, 6.45) is -0.0539. The van der Waals surface area contributed by atoms with Gasteiger partial charge >= 0.3 is 5.97 Å². The van der Waals surface area contributed by atoms with Gasteiger partial charge in [0.25, 0.3) is 0 Å². The van der Waals surface area contributed by atoms with Gasteiger partial charge in [0.1, 0.15) is 5.82 Å². The van der Waals surface area contributed by atoms with Crippen LogP contribution in [0.1, 0.15) is 31.9 Å². The Morgan fingerprint density at radius 3 is 2.69 bits per heavy atom. The van der Waals surface area contributed by atoms with Crippen LogP contribution in [0.3, 0.4) is 0 Å². The van der Waals surface area contributed by atoms with Crippen LogP contribution in [0.15, 0.2) is 24.3 Å². The molecule has 0 heterocycles. The summed E-state index contributed by atoms with van der Waals surface area (Å²) in [6.45, 7) is 3.85. The van der Waals surface area contributed by atoms with E-state index in [0.717, 1.165) is 0 Å². The summed E-state index contributed by atoms with van der Waals surface area (Å²) < 4.78 is 13.0. The van der Waals surface area contributed by atoms with Gasteiger partial charge in [-0.05, 0) is 17.7 Å². The molecular formula is C12H16FNO2. The SMILES string of the molecule is CC(C)NC(CC(=O)O)c1cccc(F)c1. The normalized spacial score (nSPS) is 12.8. The Balaban J connectivity index is 2.86. The monoisotopic (exact) mass is 225 g/mol. The molecule has 3 nitrogen and oxygen atoms in total. The molecule has 0 aliphatic carbocycles. The first-order valence-corrected chi connectivity index (χ1v) is 5.22. The van der Waals surface area contributed by atoms with Crippen LogP contribution < -0.4 is 5.32 Å². The third kappa shape index (κ3) is 3.98. The third-order valence-corrected chi connectivity index (χ3v) is 2.16. The Kier molecular flexibility index (Phi) is 4.43. The molecule has 2 N–H and O–H groups in total. The lowest BCUT2D eigenvalue weighted by molar-refractivity contribution is -0.137. The Hall–Kier alpha value is -1.42. The van der Waals surface area contributed by atoms with Crippen molar-refractivity contribution in [2.45, 2.75) is 32.4 Å². The van der Waals surface area contributed by atoms with E-state index in [0.29, 0.717) is 5.56 Å². The maximum Gasteiger partial charge on any atom is 0.305 e. The minimum atomic E-state index is -0.901. The van der Waals surface area contributed by atoms with E-state index in [2.05, 4.69) is 5.32 Å². The Labute approximate surface area is 94.3 Å². The highest BCUT2D eigenvalue weighted by Crippen LogP contribution is 2.18. The second-order valence-corrected chi connectivity index (χ2v) is 4.03. The molecule has 0 aliphatic rings. The lowest BCUT2D eigenvalue weighted by Crippen LogP contribution is -2.29. The van der Waals surface area contributed by atoms with Gasteiger partial charge in [-0.15, -0.1) is 0 Å². The molecule has 1 rings (SSSR count). The topological polar surface area (TPSA) is 49.3 Å². The molecule has 0 radical (unpaired) electrons. The van der Waals surface area contributed by atoms with E-state index >= 15 is 0 Å². The number of aliphatic carboxylic acids is 1. The van der Waals surface area contributed by atoms with Crippen LogP contribution in [0.4, 0.5) is 4.39 Å². The second kappa shape index (κ2) is 5.61. The van der Waals surface area contributed by atoms with Crippen molar-refractivity contribution in [2.24, 2.45) is 0 Å². The largest absolute Gasteiger partial charge is 0.481 e. The van der Waals surface area contributed by atoms with Crippen LogP contribution >= 0.6 is 0 Å². The molecule has 0 fully saturated rings. The summed E-state index contributed by atoms with van der Waals surface area (Å²) in [5.74, 6) is -1.25. The number of carboxylic acid groups (broad SMARTS) is 1. The van der Waals surface area contributed by atoms with Crippen molar-refractivity contribution in [3.8, 4) is 0 Å². The first-order valence-electron chi connectivity index (χ1n) is 5.22. The van der Waals surface area contributed by atoms with Crippen molar-refractivity contribution >= 4 is 5.97 Å². The van der Waals surface area contributed by atoms with Crippen molar-refractivity contribution in [3.63, 3.8) is 0 Å². The van der Waals surface area contributed by atoms with Crippen molar-refractivity contribution < 1.29 is 14.3 Å². The molecule has 16 heavy (non-hydrogen) atoms. The Morgan fingerprint density at radius 2 is 2.19 bits per heavy atom. The molecule has 0 spiro atoms. The smallest absolute Gasteiger partial charge is 0.305 e. The maximum absolute atomic E-state index is 13.0. The van der Waals surface area contributed by atoms with E-state index in [1.807, 2.05) is 13.8 Å². The van der Waals surface area contributed by atoms with Gasteiger partial charge in [-0.1, -0.05) is 26.0 Å². The quantitative estimate of drug-likeness (QED) is 0.808. The van der Waals surface area contributed by atoms with E-state index in [1.165, 1.54) is 12.1 Å². The summed E-state index contributed by atoms with van der Waals surface area (Å²) >= 11 is 0. The zero-order valence-electron chi connectivity index (χ0n) is 9.40. The fourth-order valence-corrected chi connectivity index (χ4v) is 1.57. The molecule has 1 aromatic rings. The highest BCUT2D eigenvalue weighted by Gasteiger charge is 2.16. The molecule has 88 valence electrons. The number of hydrogen-bond acceptors (Lipinski definition) is 2. The number of nitrogens with one attached hydrogen (secondary N) is 1. The van der Waals surface area contributed by atoms with Gasteiger partial charge in [-0.3, -0.25) is 4.79 Å². The van der Waals surface area contributed by atoms with Gasteiger partial charge in [0, 0.05) is 12.1 Å². The van der Waals surface area contributed by atoms with Crippen molar-refractivity contribution in [1.82, 2.24) is 5.32 Å². The fourth-order valence-electron chi connectivity index (χ4n) is 1.57. The third-order valence-electron chi connectivity index (χ3n) is 2.16. The highest BCUT2D eigenvalue weighted by molar-refractivity contribution is 5.67. The van der Waals surface area contributed by atoms with Crippen LogP contribution in [0, 0.1) is 5.82 Å². The fraction of sp³-hybridized carbons (Fsp3) is 0.417. The zero-order valence-corrected chi connectivity index (χ0v) is 9.40. The second-order valence-electron chi connectivity index (χ2n) is 4.03. The molecule has 1 aromatic carbocycles. The minimum Gasteiger partial charge on any atom is -0.481 e. The number of hydrogen-bond donors (Lipinski definition) is 2. The van der Waals surface area contributed by atoms with E-state index in [-0.39, 0.29) is 24.3 Å². The molecule has 4 heteroatoms. The molecule has 0 aliphatic heterocycles. The Morgan fingerprint density at radius 1 is 1.50 bits per heavy atom. The molecule has 0 aromatic heterocycles. The first-order chi connectivity index (χ1) is 7.49. The molecule has 0 amide bonds. The highest BCUT2D eigenvalue weighted by atomic mass is 19.1. The molecule has 0 saturated carbocycles. The van der Waals surface area contributed by atoms with Crippen LogP contribution in [-0.2, 0) is 4.79 Å². The lowest BCUT2D eigenvalue weighted by Gasteiger charge is -2.20. The lowest BCUT2D eigenvalue weighted by atomic mass is 10.0. The number of rotatable bonds is 5. The molecule has 0 saturated heterocycles. The minimum absolute atomic E-state index is 0.0539. The molecule has 1 unspecified atom stereocenters. The summed E-state index contributed by atoms with van der Waals surface area (Å²) in [7, 11) is 0. The van der Waals surface area contributed by atoms with Crippen LogP contribution in [-0.4, -0.2) is 17.1 Å². The van der Waals surface area contributed by atoms with Gasteiger partial charge in [0.15, 0.2) is 0 Å². The number of halogens is 1. The van der Waals surface area contributed by atoms with E-state index < -0.39 is 5.97 Å². The van der Waals surface area contributed by atoms with E-state index in [9.17, 15) is 9.18 Å². The molecule has 1 atom stereocenters. The summed E-state index contributed by atoms with van der Waals surface area (Å²) in [4.78, 5) is 10.7. The van der Waals surface area contributed by atoms with Gasteiger partial charge in [0.05, 0.1) is 6.42 Å². The van der Waals surface area contributed by atoms with Crippen molar-refractivity contribution in [3.05, 3.63) is 35.6 Å². The van der Waals surface area contributed by atoms with Crippen LogP contribution in [0.2, 0.25) is 0 Å².